The predicted molar refractivity (Wildman–Crippen MR) is 75.5 cm³/mol. The summed E-state index contributed by atoms with van der Waals surface area (Å²) in [7, 11) is 1.46. The number of benzene rings is 1. The highest BCUT2D eigenvalue weighted by atomic mass is 16.7. The van der Waals surface area contributed by atoms with Crippen molar-refractivity contribution < 1.29 is 14.5 Å². The summed E-state index contributed by atoms with van der Waals surface area (Å²) in [6, 6.07) is 11.7. The molecule has 1 unspecified atom stereocenters. The zero-order valence-corrected chi connectivity index (χ0v) is 11.2. The van der Waals surface area contributed by atoms with Crippen molar-refractivity contribution in [2.45, 2.75) is 6.23 Å². The van der Waals surface area contributed by atoms with Crippen LogP contribution in [0.1, 0.15) is 0 Å². The minimum atomic E-state index is -1.82. The van der Waals surface area contributed by atoms with E-state index in [1.165, 1.54) is 30.4 Å². The summed E-state index contributed by atoms with van der Waals surface area (Å²) in [6.07, 6.45) is 0.998. The fourth-order valence-electron chi connectivity index (χ4n) is 1.67. The van der Waals surface area contributed by atoms with Crippen LogP contribution in [0.2, 0.25) is 0 Å². The van der Waals surface area contributed by atoms with Crippen molar-refractivity contribution in [1.82, 2.24) is 4.98 Å². The molecule has 1 atom stereocenters. The van der Waals surface area contributed by atoms with Gasteiger partial charge in [-0.2, -0.15) is 0 Å². The van der Waals surface area contributed by atoms with Crippen LogP contribution >= 0.6 is 0 Å². The van der Waals surface area contributed by atoms with Gasteiger partial charge in [-0.1, -0.05) is 18.2 Å². The van der Waals surface area contributed by atoms with Crippen LogP contribution in [0, 0.1) is 10.1 Å². The number of carbonyl (C=O) groups excluding carboxylic acids is 1. The van der Waals surface area contributed by atoms with Gasteiger partial charge < -0.3 is 9.64 Å². The molecule has 2 aromatic rings. The average Bonchev–Trinajstić information content (AvgIpc) is 2.53. The number of nitro groups is 1. The molecule has 0 bridgehead atoms. The van der Waals surface area contributed by atoms with Crippen molar-refractivity contribution in [2.24, 2.45) is 0 Å². The van der Waals surface area contributed by atoms with E-state index < -0.39 is 17.1 Å². The highest BCUT2D eigenvalue weighted by molar-refractivity contribution is 5.95. The summed E-state index contributed by atoms with van der Waals surface area (Å²) in [6.45, 7) is 0. The second-order valence-electron chi connectivity index (χ2n) is 4.18. The highest BCUT2D eigenvalue weighted by Gasteiger charge is 2.35. The number of hydrogen-bond acceptors (Lipinski definition) is 5. The number of ether oxygens (including phenoxy) is 1. The number of para-hydroxylation sites is 1. The first-order valence-corrected chi connectivity index (χ1v) is 6.12. The van der Waals surface area contributed by atoms with Crippen LogP contribution in [-0.4, -0.2) is 29.1 Å². The lowest BCUT2D eigenvalue weighted by Gasteiger charge is -2.19. The van der Waals surface area contributed by atoms with Crippen LogP contribution in [-0.2, 0) is 4.79 Å². The molecule has 0 aliphatic heterocycles. The van der Waals surface area contributed by atoms with E-state index in [0.717, 1.165) is 0 Å². The van der Waals surface area contributed by atoms with Gasteiger partial charge in [0.1, 0.15) is 5.75 Å². The van der Waals surface area contributed by atoms with Crippen LogP contribution in [0.3, 0.4) is 0 Å². The number of rotatable bonds is 5. The van der Waals surface area contributed by atoms with Crippen LogP contribution in [0.15, 0.2) is 54.9 Å². The number of aromatic nitrogens is 1. The third kappa shape index (κ3) is 3.53. The van der Waals surface area contributed by atoms with Gasteiger partial charge in [-0.3, -0.25) is 19.9 Å². The van der Waals surface area contributed by atoms with E-state index in [9.17, 15) is 14.9 Å². The van der Waals surface area contributed by atoms with E-state index in [4.69, 9.17) is 4.74 Å². The Hall–Kier alpha value is -2.96. The van der Waals surface area contributed by atoms with Gasteiger partial charge in [0.15, 0.2) is 0 Å². The molecule has 0 radical (unpaired) electrons. The number of likely N-dealkylation sites (N-methyl/N-ethyl adjacent to an activating group) is 1. The van der Waals surface area contributed by atoms with Gasteiger partial charge in [0, 0.05) is 18.9 Å². The molecule has 0 N–H and O–H groups in total. The fraction of sp³-hybridized carbons (Fsp3) is 0.143. The maximum absolute atomic E-state index is 12.2. The topological polar surface area (TPSA) is 85.6 Å². The first kappa shape index (κ1) is 14.4. The Bertz CT molecular complexity index is 619. The van der Waals surface area contributed by atoms with E-state index in [1.54, 1.807) is 36.4 Å². The Morgan fingerprint density at radius 3 is 2.57 bits per heavy atom. The van der Waals surface area contributed by atoms with Crippen molar-refractivity contribution in [1.29, 1.82) is 0 Å². The number of anilines is 1. The number of carbonyl (C=O) groups is 1. The van der Waals surface area contributed by atoms with E-state index in [0.29, 0.717) is 5.69 Å². The summed E-state index contributed by atoms with van der Waals surface area (Å²) in [5, 5.41) is 11.1. The Labute approximate surface area is 120 Å². The monoisotopic (exact) mass is 287 g/mol. The summed E-state index contributed by atoms with van der Waals surface area (Å²) in [5.41, 5.74) is 0.545. The average molecular weight is 287 g/mol. The van der Waals surface area contributed by atoms with Crippen molar-refractivity contribution in [3.63, 3.8) is 0 Å². The highest BCUT2D eigenvalue weighted by Crippen LogP contribution is 2.15. The minimum absolute atomic E-state index is 0.161. The normalized spacial score (nSPS) is 11.5. The van der Waals surface area contributed by atoms with Gasteiger partial charge in [-0.25, -0.2) is 0 Å². The maximum atomic E-state index is 12.2. The van der Waals surface area contributed by atoms with Gasteiger partial charge in [-0.05, 0) is 24.3 Å². The molecule has 0 spiro atoms. The standard InChI is InChI=1S/C14H13N3O4/c1-16(11-6-3-2-4-7-11)13(18)14(17(19)20)21-12-8-5-9-15-10-12/h2-10,14H,1H3. The molecule has 108 valence electrons. The van der Waals surface area contributed by atoms with Crippen LogP contribution in [0.25, 0.3) is 0 Å². The molecule has 0 saturated carbocycles. The lowest BCUT2D eigenvalue weighted by atomic mass is 10.3. The second kappa shape index (κ2) is 6.47. The van der Waals surface area contributed by atoms with Crippen LogP contribution in [0.4, 0.5) is 5.69 Å². The third-order valence-electron chi connectivity index (χ3n) is 2.76. The third-order valence-corrected chi connectivity index (χ3v) is 2.76. The van der Waals surface area contributed by atoms with Crippen molar-refractivity contribution >= 4 is 11.6 Å². The second-order valence-corrected chi connectivity index (χ2v) is 4.18. The van der Waals surface area contributed by atoms with Gasteiger partial charge >= 0.3 is 12.1 Å². The molecule has 21 heavy (non-hydrogen) atoms. The summed E-state index contributed by atoms with van der Waals surface area (Å²) in [4.78, 5) is 27.5. The molecule has 0 fully saturated rings. The SMILES string of the molecule is CN(C(=O)C(Oc1cccnc1)[N+](=O)[O-])c1ccccc1. The lowest BCUT2D eigenvalue weighted by molar-refractivity contribution is -0.545. The van der Waals surface area contributed by atoms with E-state index in [-0.39, 0.29) is 5.75 Å². The number of amides is 1. The maximum Gasteiger partial charge on any atom is 0.434 e. The Morgan fingerprint density at radius 2 is 2.00 bits per heavy atom. The Balaban J connectivity index is 2.18. The number of nitrogens with zero attached hydrogens (tertiary/aromatic N) is 3. The molecule has 2 rings (SSSR count). The van der Waals surface area contributed by atoms with Crippen LogP contribution < -0.4 is 9.64 Å². The molecule has 1 amide bonds. The van der Waals surface area contributed by atoms with Crippen LogP contribution in [0.5, 0.6) is 5.75 Å². The first-order chi connectivity index (χ1) is 10.1. The Kier molecular flexibility index (Phi) is 4.45. The van der Waals surface area contributed by atoms with E-state index in [1.807, 2.05) is 0 Å². The number of pyridine rings is 1. The van der Waals surface area contributed by atoms with Gasteiger partial charge in [0.05, 0.1) is 11.1 Å². The predicted octanol–water partition coefficient (Wildman–Crippen LogP) is 1.73. The quantitative estimate of drug-likeness (QED) is 0.475. The molecule has 1 heterocycles. The van der Waals surface area contributed by atoms with Crippen molar-refractivity contribution in [3.8, 4) is 5.75 Å². The fourth-order valence-corrected chi connectivity index (χ4v) is 1.67. The minimum Gasteiger partial charge on any atom is -0.421 e. The van der Waals surface area contributed by atoms with E-state index >= 15 is 0 Å². The molecular formula is C14H13N3O4. The van der Waals surface area contributed by atoms with Crippen molar-refractivity contribution in [3.05, 3.63) is 65.0 Å². The molecule has 7 heteroatoms. The zero-order chi connectivity index (χ0) is 15.2. The lowest BCUT2D eigenvalue weighted by Crippen LogP contribution is -2.44. The van der Waals surface area contributed by atoms with Gasteiger partial charge in [-0.15, -0.1) is 0 Å². The molecular weight excluding hydrogens is 274 g/mol. The Morgan fingerprint density at radius 1 is 1.29 bits per heavy atom. The van der Waals surface area contributed by atoms with E-state index in [2.05, 4.69) is 4.98 Å². The zero-order valence-electron chi connectivity index (χ0n) is 11.2. The molecule has 1 aromatic carbocycles. The smallest absolute Gasteiger partial charge is 0.421 e. The summed E-state index contributed by atoms with van der Waals surface area (Å²) >= 11 is 0. The molecule has 7 nitrogen and oxygen atoms in total. The molecule has 0 aliphatic rings. The summed E-state index contributed by atoms with van der Waals surface area (Å²) in [5.74, 6) is -0.607. The molecule has 0 aliphatic carbocycles. The molecule has 1 aromatic heterocycles. The first-order valence-electron chi connectivity index (χ1n) is 6.12. The molecule has 0 saturated heterocycles. The number of hydrogen-bond donors (Lipinski definition) is 0. The van der Waals surface area contributed by atoms with Crippen molar-refractivity contribution in [2.75, 3.05) is 11.9 Å². The summed E-state index contributed by atoms with van der Waals surface area (Å²) < 4.78 is 5.13. The largest absolute Gasteiger partial charge is 0.434 e. The van der Waals surface area contributed by atoms with Gasteiger partial charge in [0.2, 0.25) is 0 Å². The van der Waals surface area contributed by atoms with Gasteiger partial charge in [0.25, 0.3) is 0 Å².